The SMILES string of the molecule is Cc1cc(C)c2sc(N(CCC[NH+](C)C)C(=O)c3ccc(N(C)C)cc3)nc2c1. The fourth-order valence-electron chi connectivity index (χ4n) is 3.41. The second kappa shape index (κ2) is 8.93. The molecular formula is C23H31N4OS+. The Morgan fingerprint density at radius 3 is 2.41 bits per heavy atom. The van der Waals surface area contributed by atoms with Crippen molar-refractivity contribution in [2.24, 2.45) is 0 Å². The van der Waals surface area contributed by atoms with Crippen molar-refractivity contribution in [2.45, 2.75) is 20.3 Å². The minimum absolute atomic E-state index is 0.0116. The Kier molecular flexibility index (Phi) is 6.55. The highest BCUT2D eigenvalue weighted by Crippen LogP contribution is 2.33. The first-order valence-electron chi connectivity index (χ1n) is 10.0. The molecule has 0 spiro atoms. The molecule has 0 fully saturated rings. The van der Waals surface area contributed by atoms with Crippen LogP contribution in [0.2, 0.25) is 0 Å². The fraction of sp³-hybridized carbons (Fsp3) is 0.391. The maximum absolute atomic E-state index is 13.4. The number of quaternary nitrogens is 1. The highest BCUT2D eigenvalue weighted by atomic mass is 32.1. The van der Waals surface area contributed by atoms with Crippen molar-refractivity contribution in [2.75, 3.05) is 51.1 Å². The van der Waals surface area contributed by atoms with E-state index >= 15 is 0 Å². The second-order valence-electron chi connectivity index (χ2n) is 8.14. The Hall–Kier alpha value is -2.44. The van der Waals surface area contributed by atoms with Crippen LogP contribution in [-0.2, 0) is 0 Å². The topological polar surface area (TPSA) is 40.9 Å². The number of hydrogen-bond donors (Lipinski definition) is 1. The quantitative estimate of drug-likeness (QED) is 0.649. The van der Waals surface area contributed by atoms with Gasteiger partial charge in [0.05, 0.1) is 30.9 Å². The minimum Gasteiger partial charge on any atom is -0.378 e. The lowest BCUT2D eigenvalue weighted by atomic mass is 10.1. The van der Waals surface area contributed by atoms with Gasteiger partial charge in [-0.3, -0.25) is 9.69 Å². The second-order valence-corrected chi connectivity index (χ2v) is 9.11. The molecule has 0 saturated carbocycles. The molecule has 0 aliphatic heterocycles. The van der Waals surface area contributed by atoms with E-state index in [-0.39, 0.29) is 5.91 Å². The zero-order chi connectivity index (χ0) is 21.1. The molecule has 1 amide bonds. The van der Waals surface area contributed by atoms with Crippen LogP contribution in [0.1, 0.15) is 27.9 Å². The highest BCUT2D eigenvalue weighted by Gasteiger charge is 2.22. The molecular weight excluding hydrogens is 380 g/mol. The molecule has 0 saturated heterocycles. The molecule has 5 nitrogen and oxygen atoms in total. The number of anilines is 2. The first kappa shape index (κ1) is 21.3. The van der Waals surface area contributed by atoms with Crippen molar-refractivity contribution in [1.82, 2.24) is 4.98 Å². The van der Waals surface area contributed by atoms with Crippen molar-refractivity contribution >= 4 is 38.3 Å². The molecule has 1 aromatic heterocycles. The number of amides is 1. The third-order valence-electron chi connectivity index (χ3n) is 4.97. The number of carbonyl (C=O) groups is 1. The van der Waals surface area contributed by atoms with Crippen LogP contribution in [0.3, 0.4) is 0 Å². The molecule has 6 heteroatoms. The van der Waals surface area contributed by atoms with Crippen molar-refractivity contribution < 1.29 is 9.69 Å². The molecule has 1 heterocycles. The smallest absolute Gasteiger partial charge is 0.260 e. The van der Waals surface area contributed by atoms with Crippen LogP contribution in [0.4, 0.5) is 10.8 Å². The molecule has 0 atom stereocenters. The Labute approximate surface area is 177 Å². The lowest BCUT2D eigenvalue weighted by Gasteiger charge is -2.21. The van der Waals surface area contributed by atoms with E-state index in [4.69, 9.17) is 4.98 Å². The van der Waals surface area contributed by atoms with Gasteiger partial charge >= 0.3 is 0 Å². The van der Waals surface area contributed by atoms with Gasteiger partial charge in [0.15, 0.2) is 5.13 Å². The Balaban J connectivity index is 1.95. The van der Waals surface area contributed by atoms with E-state index in [2.05, 4.69) is 40.1 Å². The number of nitrogens with zero attached hydrogens (tertiary/aromatic N) is 3. The number of aromatic nitrogens is 1. The summed E-state index contributed by atoms with van der Waals surface area (Å²) in [5.41, 5.74) is 5.15. The maximum Gasteiger partial charge on any atom is 0.260 e. The molecule has 0 aliphatic rings. The van der Waals surface area contributed by atoms with Gasteiger partial charge in [0.25, 0.3) is 5.91 Å². The number of aryl methyl sites for hydroxylation is 2. The van der Waals surface area contributed by atoms with E-state index < -0.39 is 0 Å². The van der Waals surface area contributed by atoms with Gasteiger partial charge in [-0.2, -0.15) is 0 Å². The van der Waals surface area contributed by atoms with E-state index in [1.54, 1.807) is 11.3 Å². The first-order chi connectivity index (χ1) is 13.8. The first-order valence-corrected chi connectivity index (χ1v) is 10.8. The van der Waals surface area contributed by atoms with Crippen LogP contribution in [0.25, 0.3) is 10.2 Å². The number of rotatable bonds is 7. The van der Waals surface area contributed by atoms with E-state index in [1.807, 2.05) is 48.2 Å². The zero-order valence-electron chi connectivity index (χ0n) is 18.2. The number of thiazole rings is 1. The van der Waals surface area contributed by atoms with Gasteiger partial charge in [0.1, 0.15) is 0 Å². The van der Waals surface area contributed by atoms with Crippen LogP contribution in [0.5, 0.6) is 0 Å². The minimum atomic E-state index is 0.0116. The molecule has 3 aromatic rings. The lowest BCUT2D eigenvalue weighted by Crippen LogP contribution is -3.05. The van der Waals surface area contributed by atoms with E-state index in [1.165, 1.54) is 16.0 Å². The average Bonchev–Trinajstić information content (AvgIpc) is 3.08. The summed E-state index contributed by atoms with van der Waals surface area (Å²) in [5, 5.41) is 0.782. The normalized spacial score (nSPS) is 11.3. The molecule has 154 valence electrons. The van der Waals surface area contributed by atoms with Gasteiger partial charge in [0, 0.05) is 38.3 Å². The Morgan fingerprint density at radius 1 is 1.10 bits per heavy atom. The number of carbonyl (C=O) groups excluding carboxylic acids is 1. The van der Waals surface area contributed by atoms with Gasteiger partial charge < -0.3 is 9.80 Å². The van der Waals surface area contributed by atoms with Crippen molar-refractivity contribution in [1.29, 1.82) is 0 Å². The summed E-state index contributed by atoms with van der Waals surface area (Å²) in [6.07, 6.45) is 0.928. The summed E-state index contributed by atoms with van der Waals surface area (Å²) in [7, 11) is 8.27. The van der Waals surface area contributed by atoms with Crippen molar-refractivity contribution in [3.8, 4) is 0 Å². The standard InChI is InChI=1S/C23H30N4OS/c1-16-14-17(2)21-20(15-16)24-23(29-21)27(13-7-12-25(3)4)22(28)18-8-10-19(11-9-18)26(5)6/h8-11,14-15H,7,12-13H2,1-6H3/p+1. The molecule has 1 N–H and O–H groups in total. The molecule has 3 rings (SSSR count). The number of benzene rings is 2. The predicted octanol–water partition coefficient (Wildman–Crippen LogP) is 3.16. The zero-order valence-corrected chi connectivity index (χ0v) is 19.1. The van der Waals surface area contributed by atoms with Gasteiger partial charge in [-0.25, -0.2) is 4.98 Å². The Bertz CT molecular complexity index is 992. The molecule has 0 radical (unpaired) electrons. The number of hydrogen-bond acceptors (Lipinski definition) is 4. The van der Waals surface area contributed by atoms with E-state index in [0.717, 1.165) is 34.0 Å². The monoisotopic (exact) mass is 411 g/mol. The van der Waals surface area contributed by atoms with E-state index in [9.17, 15) is 4.79 Å². The number of nitrogens with one attached hydrogen (secondary N) is 1. The highest BCUT2D eigenvalue weighted by molar-refractivity contribution is 7.22. The summed E-state index contributed by atoms with van der Waals surface area (Å²) in [5.74, 6) is 0.0116. The fourth-order valence-corrected chi connectivity index (χ4v) is 4.45. The number of fused-ring (bicyclic) bond motifs is 1. The third-order valence-corrected chi connectivity index (χ3v) is 6.20. The molecule has 0 unspecified atom stereocenters. The summed E-state index contributed by atoms with van der Waals surface area (Å²) in [4.78, 5) is 23.5. The van der Waals surface area contributed by atoms with Crippen LogP contribution in [-0.4, -0.2) is 52.2 Å². The lowest BCUT2D eigenvalue weighted by molar-refractivity contribution is -0.858. The van der Waals surface area contributed by atoms with Gasteiger partial charge in [-0.15, -0.1) is 0 Å². The van der Waals surface area contributed by atoms with Crippen LogP contribution < -0.4 is 14.7 Å². The van der Waals surface area contributed by atoms with Gasteiger partial charge in [-0.05, 0) is 55.3 Å². The third kappa shape index (κ3) is 4.95. The van der Waals surface area contributed by atoms with Gasteiger partial charge in [-0.1, -0.05) is 17.4 Å². The van der Waals surface area contributed by atoms with Crippen molar-refractivity contribution in [3.05, 3.63) is 53.1 Å². The Morgan fingerprint density at radius 2 is 1.79 bits per heavy atom. The summed E-state index contributed by atoms with van der Waals surface area (Å²) in [6.45, 7) is 5.86. The molecule has 2 aromatic carbocycles. The summed E-state index contributed by atoms with van der Waals surface area (Å²) in [6, 6.07) is 12.1. The van der Waals surface area contributed by atoms with Crippen LogP contribution >= 0.6 is 11.3 Å². The average molecular weight is 412 g/mol. The predicted molar refractivity (Wildman–Crippen MR) is 124 cm³/mol. The van der Waals surface area contributed by atoms with E-state index in [0.29, 0.717) is 12.1 Å². The van der Waals surface area contributed by atoms with Crippen molar-refractivity contribution in [3.63, 3.8) is 0 Å². The van der Waals surface area contributed by atoms with Crippen LogP contribution in [0.15, 0.2) is 36.4 Å². The molecule has 0 aliphatic carbocycles. The molecule has 29 heavy (non-hydrogen) atoms. The summed E-state index contributed by atoms with van der Waals surface area (Å²) < 4.78 is 1.16. The summed E-state index contributed by atoms with van der Waals surface area (Å²) >= 11 is 1.61. The maximum atomic E-state index is 13.4. The molecule has 0 bridgehead atoms. The van der Waals surface area contributed by atoms with Gasteiger partial charge in [0.2, 0.25) is 0 Å². The largest absolute Gasteiger partial charge is 0.378 e. The van der Waals surface area contributed by atoms with Crippen LogP contribution in [0, 0.1) is 13.8 Å².